The van der Waals surface area contributed by atoms with Crippen molar-refractivity contribution in [1.82, 2.24) is 19.7 Å². The van der Waals surface area contributed by atoms with Crippen molar-refractivity contribution >= 4 is 0 Å². The maximum Gasteiger partial charge on any atom is 0.322 e. The Kier molecular flexibility index (Phi) is 1.71. The minimum Gasteiger partial charge on any atom is -0.424 e. The van der Waals surface area contributed by atoms with E-state index in [4.69, 9.17) is 4.74 Å². The van der Waals surface area contributed by atoms with Crippen molar-refractivity contribution in [1.29, 1.82) is 0 Å². The molecular weight excluding hydrogens is 192 g/mol. The standard InChI is InChI=1S/C10H10N4O/c1-2-9-12-13-10-14(9)6-7-5-11-4-3-8(7)15-10/h3-5H,2,6H2,1H3. The summed E-state index contributed by atoms with van der Waals surface area (Å²) in [4.78, 5) is 4.08. The monoisotopic (exact) mass is 202 g/mol. The van der Waals surface area contributed by atoms with Gasteiger partial charge >= 0.3 is 6.01 Å². The molecule has 15 heavy (non-hydrogen) atoms. The largest absolute Gasteiger partial charge is 0.424 e. The van der Waals surface area contributed by atoms with Gasteiger partial charge in [-0.05, 0) is 6.07 Å². The highest BCUT2D eigenvalue weighted by Crippen LogP contribution is 2.30. The van der Waals surface area contributed by atoms with Crippen molar-refractivity contribution in [3.8, 4) is 11.8 Å². The molecule has 0 unspecified atom stereocenters. The van der Waals surface area contributed by atoms with E-state index >= 15 is 0 Å². The van der Waals surface area contributed by atoms with Crippen LogP contribution in [0.15, 0.2) is 18.5 Å². The van der Waals surface area contributed by atoms with E-state index in [1.165, 1.54) is 0 Å². The summed E-state index contributed by atoms with van der Waals surface area (Å²) in [5.74, 6) is 1.77. The average molecular weight is 202 g/mol. The lowest BCUT2D eigenvalue weighted by Gasteiger charge is -2.17. The van der Waals surface area contributed by atoms with Gasteiger partial charge in [0.1, 0.15) is 11.6 Å². The molecule has 0 saturated heterocycles. The number of nitrogens with zero attached hydrogens (tertiary/aromatic N) is 4. The van der Waals surface area contributed by atoms with E-state index < -0.39 is 0 Å². The molecule has 1 aliphatic heterocycles. The molecule has 0 fully saturated rings. The molecule has 1 aliphatic rings. The second kappa shape index (κ2) is 3.05. The van der Waals surface area contributed by atoms with Gasteiger partial charge in [-0.2, -0.15) is 0 Å². The van der Waals surface area contributed by atoms with Crippen molar-refractivity contribution in [2.45, 2.75) is 19.9 Å². The first-order valence-corrected chi connectivity index (χ1v) is 4.91. The van der Waals surface area contributed by atoms with Gasteiger partial charge in [0, 0.05) is 24.4 Å². The third kappa shape index (κ3) is 1.20. The van der Waals surface area contributed by atoms with Gasteiger partial charge in [-0.15, -0.1) is 5.10 Å². The summed E-state index contributed by atoms with van der Waals surface area (Å²) < 4.78 is 7.59. The maximum atomic E-state index is 5.61. The summed E-state index contributed by atoms with van der Waals surface area (Å²) in [5.41, 5.74) is 1.07. The van der Waals surface area contributed by atoms with Crippen LogP contribution in [0.2, 0.25) is 0 Å². The van der Waals surface area contributed by atoms with E-state index in [0.717, 1.165) is 30.1 Å². The first-order valence-electron chi connectivity index (χ1n) is 4.91. The Hall–Kier alpha value is -1.91. The zero-order valence-corrected chi connectivity index (χ0v) is 8.34. The van der Waals surface area contributed by atoms with E-state index in [-0.39, 0.29) is 0 Å². The molecule has 0 aromatic carbocycles. The molecule has 0 bridgehead atoms. The molecule has 0 amide bonds. The van der Waals surface area contributed by atoms with E-state index in [1.54, 1.807) is 6.20 Å². The fourth-order valence-electron chi connectivity index (χ4n) is 1.72. The van der Waals surface area contributed by atoms with E-state index in [1.807, 2.05) is 16.8 Å². The molecule has 0 N–H and O–H groups in total. The minimum absolute atomic E-state index is 0.575. The van der Waals surface area contributed by atoms with Gasteiger partial charge in [-0.25, -0.2) is 0 Å². The Labute approximate surface area is 86.7 Å². The fourth-order valence-corrected chi connectivity index (χ4v) is 1.72. The van der Waals surface area contributed by atoms with E-state index in [0.29, 0.717) is 6.01 Å². The summed E-state index contributed by atoms with van der Waals surface area (Å²) in [6.07, 6.45) is 4.38. The predicted octanol–water partition coefficient (Wildman–Crippen LogP) is 1.39. The van der Waals surface area contributed by atoms with Gasteiger partial charge in [-0.1, -0.05) is 12.0 Å². The van der Waals surface area contributed by atoms with Gasteiger partial charge in [0.25, 0.3) is 0 Å². The van der Waals surface area contributed by atoms with Crippen molar-refractivity contribution in [3.63, 3.8) is 0 Å². The molecule has 0 saturated carbocycles. The normalized spacial score (nSPS) is 12.9. The Bertz CT molecular complexity index is 506. The number of ether oxygens (including phenoxy) is 1. The molecule has 3 heterocycles. The first-order chi connectivity index (χ1) is 7.38. The SMILES string of the molecule is CCc1nnc2n1Cc1cnccc1O2. The van der Waals surface area contributed by atoms with Crippen LogP contribution in [0.4, 0.5) is 0 Å². The van der Waals surface area contributed by atoms with E-state index in [9.17, 15) is 0 Å². The number of aryl methyl sites for hydroxylation is 1. The zero-order chi connectivity index (χ0) is 10.3. The summed E-state index contributed by atoms with van der Waals surface area (Å²) >= 11 is 0. The van der Waals surface area contributed by atoms with Crippen molar-refractivity contribution < 1.29 is 4.74 Å². The Balaban J connectivity index is 2.09. The molecule has 2 aromatic rings. The lowest BCUT2D eigenvalue weighted by atomic mass is 10.2. The lowest BCUT2D eigenvalue weighted by molar-refractivity contribution is 0.384. The molecule has 2 aromatic heterocycles. The number of hydrogen-bond acceptors (Lipinski definition) is 4. The number of aromatic nitrogens is 4. The van der Waals surface area contributed by atoms with Crippen LogP contribution in [-0.4, -0.2) is 19.7 Å². The molecule has 3 rings (SSSR count). The van der Waals surface area contributed by atoms with Crippen LogP contribution in [-0.2, 0) is 13.0 Å². The fraction of sp³-hybridized carbons (Fsp3) is 0.300. The third-order valence-electron chi connectivity index (χ3n) is 2.50. The van der Waals surface area contributed by atoms with Gasteiger partial charge in [0.05, 0.1) is 6.54 Å². The van der Waals surface area contributed by atoms with Crippen LogP contribution in [0.25, 0.3) is 0 Å². The summed E-state index contributed by atoms with van der Waals surface area (Å²) in [7, 11) is 0. The number of rotatable bonds is 1. The topological polar surface area (TPSA) is 52.8 Å². The highest BCUT2D eigenvalue weighted by molar-refractivity contribution is 5.35. The zero-order valence-electron chi connectivity index (χ0n) is 8.34. The van der Waals surface area contributed by atoms with Gasteiger partial charge in [-0.3, -0.25) is 9.55 Å². The van der Waals surface area contributed by atoms with Crippen molar-refractivity contribution in [2.75, 3.05) is 0 Å². The second-order valence-electron chi connectivity index (χ2n) is 3.42. The van der Waals surface area contributed by atoms with Gasteiger partial charge in [0.2, 0.25) is 0 Å². The van der Waals surface area contributed by atoms with Crippen LogP contribution in [0.5, 0.6) is 11.8 Å². The third-order valence-corrected chi connectivity index (χ3v) is 2.50. The highest BCUT2D eigenvalue weighted by atomic mass is 16.5. The predicted molar refractivity (Wildman–Crippen MR) is 52.8 cm³/mol. The number of fused-ring (bicyclic) bond motifs is 2. The van der Waals surface area contributed by atoms with Crippen LogP contribution in [0.1, 0.15) is 18.3 Å². The Morgan fingerprint density at radius 3 is 3.27 bits per heavy atom. The Morgan fingerprint density at radius 1 is 1.47 bits per heavy atom. The molecule has 0 radical (unpaired) electrons. The molecule has 0 aliphatic carbocycles. The number of hydrogen-bond donors (Lipinski definition) is 0. The summed E-state index contributed by atoms with van der Waals surface area (Å²) in [6, 6.07) is 2.42. The van der Waals surface area contributed by atoms with Crippen LogP contribution in [0.3, 0.4) is 0 Å². The first kappa shape index (κ1) is 8.40. The van der Waals surface area contributed by atoms with Crippen LogP contribution in [0, 0.1) is 0 Å². The van der Waals surface area contributed by atoms with Gasteiger partial charge < -0.3 is 4.74 Å². The van der Waals surface area contributed by atoms with Crippen molar-refractivity contribution in [2.24, 2.45) is 0 Å². The Morgan fingerprint density at radius 2 is 2.40 bits per heavy atom. The molecule has 76 valence electrons. The molecular formula is C10H10N4O. The molecule has 5 nitrogen and oxygen atoms in total. The lowest BCUT2D eigenvalue weighted by Crippen LogP contribution is -2.12. The molecule has 0 spiro atoms. The average Bonchev–Trinajstić information content (AvgIpc) is 2.68. The second-order valence-corrected chi connectivity index (χ2v) is 3.42. The van der Waals surface area contributed by atoms with Gasteiger partial charge in [0.15, 0.2) is 0 Å². The molecule has 0 atom stereocenters. The van der Waals surface area contributed by atoms with Crippen LogP contribution < -0.4 is 4.74 Å². The summed E-state index contributed by atoms with van der Waals surface area (Å²) in [5, 5.41) is 8.06. The van der Waals surface area contributed by atoms with Crippen LogP contribution >= 0.6 is 0 Å². The minimum atomic E-state index is 0.575. The quantitative estimate of drug-likeness (QED) is 0.598. The molecule has 5 heteroatoms. The smallest absolute Gasteiger partial charge is 0.322 e. The number of pyridine rings is 1. The van der Waals surface area contributed by atoms with Crippen molar-refractivity contribution in [3.05, 3.63) is 29.8 Å². The maximum absolute atomic E-state index is 5.61. The summed E-state index contributed by atoms with van der Waals surface area (Å²) in [6.45, 7) is 2.80. The van der Waals surface area contributed by atoms with E-state index in [2.05, 4.69) is 22.1 Å². The highest BCUT2D eigenvalue weighted by Gasteiger charge is 2.20.